The van der Waals surface area contributed by atoms with E-state index in [1.54, 1.807) is 13.8 Å². The Labute approximate surface area is 93.3 Å². The first-order valence-corrected chi connectivity index (χ1v) is 4.87. The topological polar surface area (TPSA) is 93.3 Å². The fraction of sp³-hybridized carbons (Fsp3) is 0.364. The second-order valence-corrected chi connectivity index (χ2v) is 3.89. The van der Waals surface area contributed by atoms with Crippen molar-refractivity contribution in [1.82, 2.24) is 4.98 Å². The molecule has 0 spiro atoms. The Balaban J connectivity index is 3.17. The second kappa shape index (κ2) is 4.40. The maximum Gasteiger partial charge on any atom is 0.332 e. The lowest BCUT2D eigenvalue weighted by Crippen LogP contribution is -2.58. The molecule has 0 fully saturated rings. The Bertz CT molecular complexity index is 403. The zero-order chi connectivity index (χ0) is 12.3. The average Bonchev–Trinajstić information content (AvgIpc) is 2.27. The number of carboxylic acid groups (broad SMARTS) is 1. The van der Waals surface area contributed by atoms with Crippen LogP contribution in [0.2, 0.25) is 0 Å². The summed E-state index contributed by atoms with van der Waals surface area (Å²) in [6.45, 7) is 3.21. The molecule has 0 aromatic carbocycles. The monoisotopic (exact) mass is 222 g/mol. The largest absolute Gasteiger partial charge is 0.480 e. The van der Waals surface area contributed by atoms with Crippen molar-refractivity contribution in [3.05, 3.63) is 30.1 Å². The Kier molecular flexibility index (Phi) is 3.39. The molecule has 0 radical (unpaired) electrons. The van der Waals surface area contributed by atoms with E-state index in [-0.39, 0.29) is 5.56 Å². The number of hydrogen-bond acceptors (Lipinski definition) is 4. The van der Waals surface area contributed by atoms with Crippen LogP contribution in [0.25, 0.3) is 0 Å². The summed E-state index contributed by atoms with van der Waals surface area (Å²) in [7, 11) is 0. The lowest BCUT2D eigenvalue weighted by Gasteiger charge is -2.27. The highest BCUT2D eigenvalue weighted by atomic mass is 16.4. The zero-order valence-electron chi connectivity index (χ0n) is 9.18. The maximum atomic E-state index is 12.0. The van der Waals surface area contributed by atoms with Gasteiger partial charge in [-0.15, -0.1) is 0 Å². The molecule has 0 unspecified atom stereocenters. The molecule has 0 aliphatic carbocycles. The lowest BCUT2D eigenvalue weighted by atomic mass is 9.81. The molecule has 3 N–H and O–H groups in total. The van der Waals surface area contributed by atoms with Crippen LogP contribution in [0, 0.1) is 5.92 Å². The van der Waals surface area contributed by atoms with Gasteiger partial charge in [0.15, 0.2) is 11.3 Å². The molecule has 1 aromatic heterocycles. The fourth-order valence-corrected chi connectivity index (χ4v) is 1.35. The van der Waals surface area contributed by atoms with Crippen LogP contribution in [0.1, 0.15) is 24.2 Å². The normalized spacial score (nSPS) is 14.5. The number of Topliss-reactive ketones (excluding diaryl/α,β-unsaturated/α-hetero) is 1. The minimum absolute atomic E-state index is 0.258. The number of aromatic nitrogens is 1. The number of carbonyl (C=O) groups is 2. The summed E-state index contributed by atoms with van der Waals surface area (Å²) >= 11 is 0. The van der Waals surface area contributed by atoms with E-state index in [2.05, 4.69) is 4.98 Å². The van der Waals surface area contributed by atoms with Gasteiger partial charge in [0.1, 0.15) is 0 Å². The summed E-state index contributed by atoms with van der Waals surface area (Å²) in [6, 6.07) is 2.91. The Morgan fingerprint density at radius 2 is 1.88 bits per heavy atom. The van der Waals surface area contributed by atoms with E-state index in [1.807, 2.05) is 0 Å². The van der Waals surface area contributed by atoms with Gasteiger partial charge < -0.3 is 10.8 Å². The van der Waals surface area contributed by atoms with Crippen molar-refractivity contribution < 1.29 is 14.7 Å². The van der Waals surface area contributed by atoms with E-state index in [4.69, 9.17) is 10.8 Å². The standard InChI is InChI=1S/C11H14N2O3/c1-7(2)11(12,10(15)16)9(14)8-3-5-13-6-4-8/h3-7H,12H2,1-2H3,(H,15,16)/t11-/m1/s1. The third-order valence-corrected chi connectivity index (χ3v) is 2.58. The van der Waals surface area contributed by atoms with Crippen LogP contribution in [0.5, 0.6) is 0 Å². The molecular weight excluding hydrogens is 208 g/mol. The Morgan fingerprint density at radius 3 is 2.25 bits per heavy atom. The van der Waals surface area contributed by atoms with Gasteiger partial charge in [0.25, 0.3) is 0 Å². The van der Waals surface area contributed by atoms with Gasteiger partial charge in [-0.25, -0.2) is 4.79 Å². The quantitative estimate of drug-likeness (QED) is 0.577. The number of hydrogen-bond donors (Lipinski definition) is 2. The number of carbonyl (C=O) groups excluding carboxylic acids is 1. The zero-order valence-corrected chi connectivity index (χ0v) is 9.18. The number of aliphatic carboxylic acids is 1. The van der Waals surface area contributed by atoms with Gasteiger partial charge in [0.2, 0.25) is 0 Å². The number of ketones is 1. The van der Waals surface area contributed by atoms with Crippen molar-refractivity contribution in [2.75, 3.05) is 0 Å². The summed E-state index contributed by atoms with van der Waals surface area (Å²) in [4.78, 5) is 26.9. The summed E-state index contributed by atoms with van der Waals surface area (Å²) in [5, 5.41) is 9.07. The smallest absolute Gasteiger partial charge is 0.332 e. The molecule has 1 atom stereocenters. The van der Waals surface area contributed by atoms with Crippen LogP contribution in [0.4, 0.5) is 0 Å². The summed E-state index contributed by atoms with van der Waals surface area (Å²) in [6.07, 6.45) is 2.85. The van der Waals surface area contributed by atoms with Gasteiger partial charge in [-0.1, -0.05) is 13.8 Å². The minimum atomic E-state index is -1.89. The van der Waals surface area contributed by atoms with Crippen LogP contribution >= 0.6 is 0 Å². The first kappa shape index (κ1) is 12.3. The second-order valence-electron chi connectivity index (χ2n) is 3.89. The van der Waals surface area contributed by atoms with Crippen molar-refractivity contribution >= 4 is 11.8 Å². The molecule has 5 heteroatoms. The Hall–Kier alpha value is -1.75. The van der Waals surface area contributed by atoms with Gasteiger partial charge >= 0.3 is 5.97 Å². The molecule has 86 valence electrons. The van der Waals surface area contributed by atoms with Crippen molar-refractivity contribution in [3.63, 3.8) is 0 Å². The summed E-state index contributed by atoms with van der Waals surface area (Å²) in [5.74, 6) is -2.41. The summed E-state index contributed by atoms with van der Waals surface area (Å²) in [5.41, 5.74) is 4.06. The average molecular weight is 222 g/mol. The molecule has 5 nitrogen and oxygen atoms in total. The van der Waals surface area contributed by atoms with Crippen molar-refractivity contribution in [1.29, 1.82) is 0 Å². The van der Waals surface area contributed by atoms with Crippen LogP contribution < -0.4 is 5.73 Å². The highest BCUT2D eigenvalue weighted by molar-refractivity contribution is 6.16. The van der Waals surface area contributed by atoms with E-state index in [9.17, 15) is 9.59 Å². The van der Waals surface area contributed by atoms with Crippen LogP contribution in [-0.2, 0) is 4.79 Å². The Morgan fingerprint density at radius 1 is 1.38 bits per heavy atom. The minimum Gasteiger partial charge on any atom is -0.480 e. The number of carboxylic acids is 1. The molecule has 0 aliphatic heterocycles. The predicted molar refractivity (Wildman–Crippen MR) is 58.0 cm³/mol. The van der Waals surface area contributed by atoms with E-state index in [1.165, 1.54) is 24.5 Å². The van der Waals surface area contributed by atoms with E-state index < -0.39 is 23.2 Å². The first-order valence-electron chi connectivity index (χ1n) is 4.87. The maximum absolute atomic E-state index is 12.0. The van der Waals surface area contributed by atoms with Crippen LogP contribution in [0.15, 0.2) is 24.5 Å². The van der Waals surface area contributed by atoms with E-state index in [0.29, 0.717) is 0 Å². The molecule has 1 heterocycles. The fourth-order valence-electron chi connectivity index (χ4n) is 1.35. The molecule has 1 rings (SSSR count). The number of rotatable bonds is 4. The van der Waals surface area contributed by atoms with Crippen LogP contribution in [0.3, 0.4) is 0 Å². The third kappa shape index (κ3) is 1.94. The number of nitrogens with zero attached hydrogens (tertiary/aromatic N) is 1. The van der Waals surface area contributed by atoms with Gasteiger partial charge in [-0.05, 0) is 18.1 Å². The molecule has 0 aliphatic rings. The summed E-state index contributed by atoms with van der Waals surface area (Å²) < 4.78 is 0. The van der Waals surface area contributed by atoms with Gasteiger partial charge in [-0.3, -0.25) is 9.78 Å². The molecule has 0 amide bonds. The van der Waals surface area contributed by atoms with Crippen molar-refractivity contribution in [2.24, 2.45) is 11.7 Å². The number of pyridine rings is 1. The van der Waals surface area contributed by atoms with Crippen LogP contribution in [-0.4, -0.2) is 27.4 Å². The molecule has 0 bridgehead atoms. The van der Waals surface area contributed by atoms with Crippen molar-refractivity contribution in [3.8, 4) is 0 Å². The van der Waals surface area contributed by atoms with Gasteiger partial charge in [0, 0.05) is 18.0 Å². The predicted octanol–water partition coefficient (Wildman–Crippen LogP) is 0.702. The molecular formula is C11H14N2O3. The lowest BCUT2D eigenvalue weighted by molar-refractivity contribution is -0.142. The molecule has 0 saturated carbocycles. The molecule has 0 saturated heterocycles. The van der Waals surface area contributed by atoms with Crippen molar-refractivity contribution in [2.45, 2.75) is 19.4 Å². The molecule has 1 aromatic rings. The highest BCUT2D eigenvalue weighted by Gasteiger charge is 2.45. The third-order valence-electron chi connectivity index (χ3n) is 2.58. The highest BCUT2D eigenvalue weighted by Crippen LogP contribution is 2.20. The van der Waals surface area contributed by atoms with E-state index in [0.717, 1.165) is 0 Å². The number of nitrogens with two attached hydrogens (primary N) is 1. The van der Waals surface area contributed by atoms with E-state index >= 15 is 0 Å². The molecule has 16 heavy (non-hydrogen) atoms. The SMILES string of the molecule is CC(C)[C@](N)(C(=O)O)C(=O)c1ccncc1. The van der Waals surface area contributed by atoms with Gasteiger partial charge in [-0.2, -0.15) is 0 Å². The first-order chi connectivity index (χ1) is 7.40. The van der Waals surface area contributed by atoms with Gasteiger partial charge in [0.05, 0.1) is 0 Å².